The van der Waals surface area contributed by atoms with Gasteiger partial charge in [0.15, 0.2) is 0 Å². The highest BCUT2D eigenvalue weighted by Crippen LogP contribution is 2.41. The number of nitrogens with two attached hydrogens (primary N) is 1. The minimum absolute atomic E-state index is 0.157. The van der Waals surface area contributed by atoms with Gasteiger partial charge in [0.05, 0.1) is 16.8 Å². The van der Waals surface area contributed by atoms with Gasteiger partial charge in [-0.1, -0.05) is 0 Å². The van der Waals surface area contributed by atoms with E-state index in [0.29, 0.717) is 0 Å². The Morgan fingerprint density at radius 2 is 1.70 bits per heavy atom. The van der Waals surface area contributed by atoms with Gasteiger partial charge in [-0.25, -0.2) is 13.8 Å². The SMILES string of the molecule is NCc1cc(C(F)(F)F)c(C(F)F)c(OC(F)(F)F)n1. The van der Waals surface area contributed by atoms with Crippen molar-refractivity contribution in [3.63, 3.8) is 0 Å². The molecule has 3 nitrogen and oxygen atoms in total. The van der Waals surface area contributed by atoms with Gasteiger partial charge in [0.25, 0.3) is 6.43 Å². The Morgan fingerprint density at radius 3 is 2.05 bits per heavy atom. The molecule has 1 rings (SSSR count). The lowest BCUT2D eigenvalue weighted by molar-refractivity contribution is -0.277. The summed E-state index contributed by atoms with van der Waals surface area (Å²) in [5.41, 5.74) is 0.351. The summed E-state index contributed by atoms with van der Waals surface area (Å²) in [6.45, 7) is -0.680. The third-order valence-electron chi connectivity index (χ3n) is 2.02. The highest BCUT2D eigenvalue weighted by Gasteiger charge is 2.41. The summed E-state index contributed by atoms with van der Waals surface area (Å²) >= 11 is 0. The van der Waals surface area contributed by atoms with E-state index < -0.39 is 48.2 Å². The second-order valence-corrected chi connectivity index (χ2v) is 3.43. The Bertz CT molecular complexity index is 482. The van der Waals surface area contributed by atoms with Crippen LogP contribution in [0.4, 0.5) is 35.1 Å². The van der Waals surface area contributed by atoms with Gasteiger partial charge in [-0.15, -0.1) is 13.2 Å². The molecule has 0 atom stereocenters. The van der Waals surface area contributed by atoms with E-state index in [0.717, 1.165) is 0 Å². The molecule has 0 saturated heterocycles. The Labute approximate surface area is 106 Å². The van der Waals surface area contributed by atoms with Crippen LogP contribution in [-0.4, -0.2) is 11.3 Å². The van der Waals surface area contributed by atoms with Crippen molar-refractivity contribution < 1.29 is 39.9 Å². The van der Waals surface area contributed by atoms with E-state index in [2.05, 4.69) is 9.72 Å². The fourth-order valence-corrected chi connectivity index (χ4v) is 1.32. The molecular weight excluding hydrogens is 304 g/mol. The van der Waals surface area contributed by atoms with Crippen LogP contribution in [0, 0.1) is 0 Å². The van der Waals surface area contributed by atoms with Crippen molar-refractivity contribution in [3.05, 3.63) is 22.9 Å². The summed E-state index contributed by atoms with van der Waals surface area (Å²) in [5, 5.41) is 0. The zero-order chi connectivity index (χ0) is 15.7. The molecule has 11 heteroatoms. The molecule has 20 heavy (non-hydrogen) atoms. The van der Waals surface area contributed by atoms with Crippen LogP contribution >= 0.6 is 0 Å². The number of aromatic nitrogens is 1. The van der Waals surface area contributed by atoms with Gasteiger partial charge in [-0.05, 0) is 6.07 Å². The summed E-state index contributed by atoms with van der Waals surface area (Å²) in [6.07, 6.45) is -14.6. The van der Waals surface area contributed by atoms with Gasteiger partial charge in [-0.3, -0.25) is 0 Å². The summed E-state index contributed by atoms with van der Waals surface area (Å²) in [5.74, 6) is -1.86. The predicted molar refractivity (Wildman–Crippen MR) is 48.8 cm³/mol. The van der Waals surface area contributed by atoms with E-state index in [9.17, 15) is 35.1 Å². The molecular formula is C9H6F8N2O. The van der Waals surface area contributed by atoms with E-state index in [1.807, 2.05) is 0 Å². The lowest BCUT2D eigenvalue weighted by atomic mass is 10.1. The van der Waals surface area contributed by atoms with E-state index in [-0.39, 0.29) is 6.07 Å². The fraction of sp³-hybridized carbons (Fsp3) is 0.444. The molecule has 0 aliphatic heterocycles. The minimum Gasteiger partial charge on any atom is -0.387 e. The van der Waals surface area contributed by atoms with Gasteiger partial charge in [-0.2, -0.15) is 13.2 Å². The van der Waals surface area contributed by atoms with Crippen LogP contribution in [0.15, 0.2) is 6.07 Å². The van der Waals surface area contributed by atoms with Crippen LogP contribution in [-0.2, 0) is 12.7 Å². The molecule has 0 saturated carbocycles. The maximum absolute atomic E-state index is 12.6. The summed E-state index contributed by atoms with van der Waals surface area (Å²) in [7, 11) is 0. The molecule has 1 aromatic rings. The first-order valence-corrected chi connectivity index (χ1v) is 4.80. The first-order chi connectivity index (χ1) is 8.95. The van der Waals surface area contributed by atoms with Crippen molar-refractivity contribution >= 4 is 0 Å². The number of ether oxygens (including phenoxy) is 1. The largest absolute Gasteiger partial charge is 0.574 e. The normalized spacial score (nSPS) is 12.9. The quantitative estimate of drug-likeness (QED) is 0.871. The van der Waals surface area contributed by atoms with Crippen molar-refractivity contribution in [2.24, 2.45) is 5.73 Å². The van der Waals surface area contributed by atoms with E-state index >= 15 is 0 Å². The number of hydrogen-bond acceptors (Lipinski definition) is 3. The fourth-order valence-electron chi connectivity index (χ4n) is 1.32. The van der Waals surface area contributed by atoms with Gasteiger partial charge in [0.2, 0.25) is 5.88 Å². The average molecular weight is 310 g/mol. The molecule has 114 valence electrons. The Balaban J connectivity index is 3.55. The van der Waals surface area contributed by atoms with Gasteiger partial charge >= 0.3 is 12.5 Å². The predicted octanol–water partition coefficient (Wildman–Crippen LogP) is 3.40. The van der Waals surface area contributed by atoms with Crippen molar-refractivity contribution in [2.45, 2.75) is 25.5 Å². The Morgan fingerprint density at radius 1 is 1.15 bits per heavy atom. The van der Waals surface area contributed by atoms with Crippen LogP contribution in [0.1, 0.15) is 23.2 Å². The van der Waals surface area contributed by atoms with Gasteiger partial charge < -0.3 is 10.5 Å². The molecule has 0 aliphatic rings. The van der Waals surface area contributed by atoms with Crippen LogP contribution in [0.5, 0.6) is 5.88 Å². The molecule has 0 amide bonds. The molecule has 0 unspecified atom stereocenters. The van der Waals surface area contributed by atoms with Gasteiger partial charge in [0, 0.05) is 6.54 Å². The Kier molecular flexibility index (Phi) is 4.42. The van der Waals surface area contributed by atoms with Crippen LogP contribution in [0.3, 0.4) is 0 Å². The maximum atomic E-state index is 12.6. The number of nitrogens with zero attached hydrogens (tertiary/aromatic N) is 1. The van der Waals surface area contributed by atoms with E-state index in [1.165, 1.54) is 0 Å². The van der Waals surface area contributed by atoms with E-state index in [4.69, 9.17) is 5.73 Å². The van der Waals surface area contributed by atoms with Crippen molar-refractivity contribution in [1.29, 1.82) is 0 Å². The lowest BCUT2D eigenvalue weighted by Crippen LogP contribution is -2.22. The monoisotopic (exact) mass is 310 g/mol. The van der Waals surface area contributed by atoms with Crippen molar-refractivity contribution in [3.8, 4) is 5.88 Å². The summed E-state index contributed by atoms with van der Waals surface area (Å²) in [4.78, 5) is 2.92. The summed E-state index contributed by atoms with van der Waals surface area (Å²) < 4.78 is 102. The molecule has 1 heterocycles. The molecule has 0 fully saturated rings. The number of alkyl halides is 8. The number of pyridine rings is 1. The zero-order valence-electron chi connectivity index (χ0n) is 9.32. The molecule has 2 N–H and O–H groups in total. The van der Waals surface area contributed by atoms with Crippen LogP contribution in [0.2, 0.25) is 0 Å². The first kappa shape index (κ1) is 16.4. The molecule has 0 aromatic carbocycles. The maximum Gasteiger partial charge on any atom is 0.574 e. The van der Waals surface area contributed by atoms with E-state index in [1.54, 1.807) is 0 Å². The zero-order valence-corrected chi connectivity index (χ0v) is 9.32. The third-order valence-corrected chi connectivity index (χ3v) is 2.02. The standard InChI is InChI=1S/C9H6F8N2O/c10-6(11)5-4(8(12,13)14)1-3(2-18)19-7(5)20-9(15,16)17/h1,6H,2,18H2. The molecule has 0 bridgehead atoms. The molecule has 1 aromatic heterocycles. The highest BCUT2D eigenvalue weighted by molar-refractivity contribution is 5.40. The second kappa shape index (κ2) is 5.38. The van der Waals surface area contributed by atoms with Crippen LogP contribution < -0.4 is 10.5 Å². The average Bonchev–Trinajstić information content (AvgIpc) is 2.23. The molecule has 0 aliphatic carbocycles. The van der Waals surface area contributed by atoms with Crippen LogP contribution in [0.25, 0.3) is 0 Å². The first-order valence-electron chi connectivity index (χ1n) is 4.80. The molecule has 0 spiro atoms. The number of halogens is 8. The smallest absolute Gasteiger partial charge is 0.387 e. The minimum atomic E-state index is -5.47. The lowest BCUT2D eigenvalue weighted by Gasteiger charge is -2.18. The molecule has 0 radical (unpaired) electrons. The van der Waals surface area contributed by atoms with Crippen molar-refractivity contribution in [1.82, 2.24) is 4.98 Å². The third kappa shape index (κ3) is 3.92. The summed E-state index contributed by atoms with van der Waals surface area (Å²) in [6, 6.07) is 0.157. The number of hydrogen-bond donors (Lipinski definition) is 1. The van der Waals surface area contributed by atoms with Crippen molar-refractivity contribution in [2.75, 3.05) is 0 Å². The number of rotatable bonds is 3. The second-order valence-electron chi connectivity index (χ2n) is 3.43. The van der Waals surface area contributed by atoms with Gasteiger partial charge in [0.1, 0.15) is 0 Å². The Hall–Kier alpha value is -1.65. The topological polar surface area (TPSA) is 48.1 Å². The highest BCUT2D eigenvalue weighted by atomic mass is 19.4.